The van der Waals surface area contributed by atoms with Gasteiger partial charge in [0, 0.05) is 11.7 Å². The van der Waals surface area contributed by atoms with E-state index in [1.54, 1.807) is 32.9 Å². The number of carboxylic acids is 1. The van der Waals surface area contributed by atoms with Crippen LogP contribution in [-0.2, 0) is 4.79 Å². The summed E-state index contributed by atoms with van der Waals surface area (Å²) in [7, 11) is 0. The Morgan fingerprint density at radius 3 is 2.39 bits per heavy atom. The molecule has 0 aliphatic carbocycles. The van der Waals surface area contributed by atoms with Crippen molar-refractivity contribution < 1.29 is 14.7 Å². The summed E-state index contributed by atoms with van der Waals surface area (Å²) in [6, 6.07) is 3.27. The molecule has 1 rings (SSSR count). The first-order valence-electron chi connectivity index (χ1n) is 5.80. The molecule has 0 saturated heterocycles. The molecule has 0 aliphatic rings. The van der Waals surface area contributed by atoms with Crippen LogP contribution in [0.1, 0.15) is 35.6 Å². The van der Waals surface area contributed by atoms with Crippen molar-refractivity contribution in [3.63, 3.8) is 0 Å². The Kier molecular flexibility index (Phi) is 4.42. The van der Waals surface area contributed by atoms with Crippen LogP contribution in [0.3, 0.4) is 0 Å². The van der Waals surface area contributed by atoms with Gasteiger partial charge in [0.25, 0.3) is 5.91 Å². The molecule has 0 atom stereocenters. The minimum atomic E-state index is -1.02. The number of rotatable bonds is 4. The van der Waals surface area contributed by atoms with Gasteiger partial charge < -0.3 is 10.0 Å². The maximum atomic E-state index is 12.3. The fourth-order valence-corrected chi connectivity index (χ4v) is 1.70. The van der Waals surface area contributed by atoms with Gasteiger partial charge in [-0.1, -0.05) is 0 Å². The van der Waals surface area contributed by atoms with E-state index in [4.69, 9.17) is 5.11 Å². The zero-order chi connectivity index (χ0) is 13.9. The van der Waals surface area contributed by atoms with E-state index in [9.17, 15) is 9.59 Å². The Balaban J connectivity index is 3.05. The SMILES string of the molecule is Cc1ccc(C(=O)N(CC(=O)O)C(C)C)c(C)n1. The molecule has 1 heterocycles. The highest BCUT2D eigenvalue weighted by Crippen LogP contribution is 2.12. The summed E-state index contributed by atoms with van der Waals surface area (Å²) in [4.78, 5) is 28.6. The number of aliphatic carboxylic acids is 1. The maximum absolute atomic E-state index is 12.3. The zero-order valence-electron chi connectivity index (χ0n) is 11.1. The van der Waals surface area contributed by atoms with E-state index < -0.39 is 5.97 Å². The number of aromatic nitrogens is 1. The molecule has 18 heavy (non-hydrogen) atoms. The highest BCUT2D eigenvalue weighted by atomic mass is 16.4. The molecule has 0 saturated carbocycles. The van der Waals surface area contributed by atoms with Crippen LogP contribution in [0, 0.1) is 13.8 Å². The molecule has 5 nitrogen and oxygen atoms in total. The fourth-order valence-electron chi connectivity index (χ4n) is 1.70. The second-order valence-corrected chi connectivity index (χ2v) is 4.51. The van der Waals surface area contributed by atoms with Gasteiger partial charge in [-0.2, -0.15) is 0 Å². The average Bonchev–Trinajstić information content (AvgIpc) is 2.24. The molecule has 1 amide bonds. The van der Waals surface area contributed by atoms with E-state index in [0.29, 0.717) is 11.3 Å². The van der Waals surface area contributed by atoms with Crippen molar-refractivity contribution in [1.29, 1.82) is 0 Å². The van der Waals surface area contributed by atoms with Gasteiger partial charge in [-0.3, -0.25) is 14.6 Å². The molecular weight excluding hydrogens is 232 g/mol. The number of nitrogens with zero attached hydrogens (tertiary/aromatic N) is 2. The van der Waals surface area contributed by atoms with Gasteiger partial charge in [-0.05, 0) is 39.8 Å². The third-order valence-corrected chi connectivity index (χ3v) is 2.65. The van der Waals surface area contributed by atoms with Crippen LogP contribution in [0.4, 0.5) is 0 Å². The van der Waals surface area contributed by atoms with E-state index in [0.717, 1.165) is 5.69 Å². The van der Waals surface area contributed by atoms with Crippen LogP contribution in [0.25, 0.3) is 0 Å². The molecule has 1 aromatic heterocycles. The molecular formula is C13H18N2O3. The number of aryl methyl sites for hydroxylation is 2. The van der Waals surface area contributed by atoms with Gasteiger partial charge in [0.1, 0.15) is 6.54 Å². The van der Waals surface area contributed by atoms with Crippen molar-refractivity contribution >= 4 is 11.9 Å². The number of carbonyl (C=O) groups excluding carboxylic acids is 1. The van der Waals surface area contributed by atoms with Crippen LogP contribution >= 0.6 is 0 Å². The summed E-state index contributed by atoms with van der Waals surface area (Å²) in [6.07, 6.45) is 0. The van der Waals surface area contributed by atoms with E-state index in [2.05, 4.69) is 4.98 Å². The molecule has 0 fully saturated rings. The Morgan fingerprint density at radius 2 is 1.94 bits per heavy atom. The molecule has 5 heteroatoms. The Bertz CT molecular complexity index is 469. The molecule has 98 valence electrons. The summed E-state index contributed by atoms with van der Waals surface area (Å²) in [5, 5.41) is 8.83. The van der Waals surface area contributed by atoms with Crippen molar-refractivity contribution in [2.75, 3.05) is 6.54 Å². The second kappa shape index (κ2) is 5.62. The number of amides is 1. The highest BCUT2D eigenvalue weighted by Gasteiger charge is 2.22. The standard InChI is InChI=1S/C13H18N2O3/c1-8(2)15(7-12(16)17)13(18)11-6-5-9(3)14-10(11)4/h5-6,8H,7H2,1-4H3,(H,16,17). The lowest BCUT2D eigenvalue weighted by Gasteiger charge is -2.25. The average molecular weight is 250 g/mol. The van der Waals surface area contributed by atoms with Crippen molar-refractivity contribution in [3.05, 3.63) is 29.1 Å². The summed E-state index contributed by atoms with van der Waals surface area (Å²) >= 11 is 0. The normalized spacial score (nSPS) is 10.5. The quantitative estimate of drug-likeness (QED) is 0.881. The Morgan fingerprint density at radius 1 is 1.33 bits per heavy atom. The molecule has 0 bridgehead atoms. The smallest absolute Gasteiger partial charge is 0.323 e. The van der Waals surface area contributed by atoms with E-state index in [1.807, 2.05) is 6.92 Å². The van der Waals surface area contributed by atoms with Crippen LogP contribution in [0.2, 0.25) is 0 Å². The minimum absolute atomic E-state index is 0.172. The highest BCUT2D eigenvalue weighted by molar-refractivity contribution is 5.96. The lowest BCUT2D eigenvalue weighted by molar-refractivity contribution is -0.138. The lowest BCUT2D eigenvalue weighted by Crippen LogP contribution is -2.41. The van der Waals surface area contributed by atoms with Gasteiger partial charge in [0.2, 0.25) is 0 Å². The first-order valence-corrected chi connectivity index (χ1v) is 5.80. The van der Waals surface area contributed by atoms with E-state index >= 15 is 0 Å². The summed E-state index contributed by atoms with van der Waals surface area (Å²) in [6.45, 7) is 6.87. The van der Waals surface area contributed by atoms with Crippen LogP contribution in [-0.4, -0.2) is 39.5 Å². The number of hydrogen-bond acceptors (Lipinski definition) is 3. The van der Waals surface area contributed by atoms with Gasteiger partial charge in [-0.25, -0.2) is 0 Å². The number of carbonyl (C=O) groups is 2. The Hall–Kier alpha value is -1.91. The third-order valence-electron chi connectivity index (χ3n) is 2.65. The van der Waals surface area contributed by atoms with Crippen LogP contribution in [0.15, 0.2) is 12.1 Å². The first-order chi connectivity index (χ1) is 8.32. The topological polar surface area (TPSA) is 70.5 Å². The van der Waals surface area contributed by atoms with E-state index in [-0.39, 0.29) is 18.5 Å². The van der Waals surface area contributed by atoms with Crippen molar-refractivity contribution in [2.24, 2.45) is 0 Å². The summed E-state index contributed by atoms with van der Waals surface area (Å²) < 4.78 is 0. The van der Waals surface area contributed by atoms with Crippen molar-refractivity contribution in [1.82, 2.24) is 9.88 Å². The molecule has 0 aliphatic heterocycles. The molecule has 0 spiro atoms. The van der Waals surface area contributed by atoms with Crippen molar-refractivity contribution in [2.45, 2.75) is 33.7 Å². The molecule has 1 aromatic rings. The van der Waals surface area contributed by atoms with E-state index in [1.165, 1.54) is 4.90 Å². The molecule has 0 unspecified atom stereocenters. The number of carboxylic acid groups (broad SMARTS) is 1. The van der Waals surface area contributed by atoms with Crippen molar-refractivity contribution in [3.8, 4) is 0 Å². The molecule has 1 N–H and O–H groups in total. The number of hydrogen-bond donors (Lipinski definition) is 1. The fraction of sp³-hybridized carbons (Fsp3) is 0.462. The zero-order valence-corrected chi connectivity index (χ0v) is 11.1. The predicted molar refractivity (Wildman–Crippen MR) is 67.5 cm³/mol. The minimum Gasteiger partial charge on any atom is -0.480 e. The summed E-state index contributed by atoms with van der Waals surface area (Å²) in [5.41, 5.74) is 1.91. The van der Waals surface area contributed by atoms with Crippen LogP contribution in [0.5, 0.6) is 0 Å². The largest absolute Gasteiger partial charge is 0.480 e. The van der Waals surface area contributed by atoms with Crippen LogP contribution < -0.4 is 0 Å². The Labute approximate surface area is 106 Å². The maximum Gasteiger partial charge on any atom is 0.323 e. The predicted octanol–water partition coefficient (Wildman–Crippen LogP) is 1.63. The lowest BCUT2D eigenvalue weighted by atomic mass is 10.1. The first kappa shape index (κ1) is 14.2. The monoisotopic (exact) mass is 250 g/mol. The molecule has 0 aromatic carbocycles. The number of pyridine rings is 1. The summed E-state index contributed by atoms with van der Waals surface area (Å²) in [5.74, 6) is -1.31. The van der Waals surface area contributed by atoms with Gasteiger partial charge >= 0.3 is 5.97 Å². The second-order valence-electron chi connectivity index (χ2n) is 4.51. The van der Waals surface area contributed by atoms with Gasteiger partial charge in [0.05, 0.1) is 11.3 Å². The van der Waals surface area contributed by atoms with Gasteiger partial charge in [0.15, 0.2) is 0 Å². The molecule has 0 radical (unpaired) electrons. The third kappa shape index (κ3) is 3.29. The van der Waals surface area contributed by atoms with Gasteiger partial charge in [-0.15, -0.1) is 0 Å².